The molecule has 8 nitrogen and oxygen atoms in total. The quantitative estimate of drug-likeness (QED) is 0.193. The molecule has 0 fully saturated rings. The maximum Gasteiger partial charge on any atom is 0.340 e. The van der Waals surface area contributed by atoms with Crippen LogP contribution in [0.15, 0.2) is 4.99 Å². The maximum absolute atomic E-state index is 11.0. The molecule has 0 spiro atoms. The molecule has 0 aliphatic rings. The number of carbonyl (C=O) groups excluding carboxylic acids is 1. The van der Waals surface area contributed by atoms with Crippen LogP contribution in [0.2, 0.25) is 0 Å². The van der Waals surface area contributed by atoms with Crippen LogP contribution >= 0.6 is 22.6 Å². The maximum atomic E-state index is 11.0. The summed E-state index contributed by atoms with van der Waals surface area (Å²) in [5.74, 6) is 1.28. The van der Waals surface area contributed by atoms with Crippen LogP contribution in [0.25, 0.3) is 0 Å². The molecule has 140 valence electrons. The summed E-state index contributed by atoms with van der Waals surface area (Å²) in [5.41, 5.74) is 18.2. The van der Waals surface area contributed by atoms with Crippen molar-refractivity contribution < 1.29 is 4.79 Å². The minimum absolute atomic E-state index is 0.0978. The smallest absolute Gasteiger partial charge is 0.340 e. The second kappa shape index (κ2) is 9.73. The van der Waals surface area contributed by atoms with Gasteiger partial charge < -0.3 is 22.5 Å². The van der Waals surface area contributed by atoms with E-state index in [9.17, 15) is 4.79 Å². The lowest BCUT2D eigenvalue weighted by Gasteiger charge is -2.29. The predicted octanol–water partition coefficient (Wildman–Crippen LogP) is 2.57. The zero-order valence-corrected chi connectivity index (χ0v) is 17.0. The SMILES string of the molecule is C=NC(=O)NCCCCC(CCc1c(N)nc(N)nc1N)C(C)(C)I. The van der Waals surface area contributed by atoms with Crippen molar-refractivity contribution >= 4 is 52.9 Å². The van der Waals surface area contributed by atoms with Crippen LogP contribution in [0.5, 0.6) is 0 Å². The molecule has 2 amide bonds. The molecule has 25 heavy (non-hydrogen) atoms. The second-order valence-corrected chi connectivity index (χ2v) is 9.30. The summed E-state index contributed by atoms with van der Waals surface area (Å²) in [5, 5.41) is 2.69. The first-order chi connectivity index (χ1) is 11.6. The average molecular weight is 461 g/mol. The van der Waals surface area contributed by atoms with E-state index < -0.39 is 0 Å². The number of nitrogens with two attached hydrogens (primary N) is 3. The number of amides is 2. The summed E-state index contributed by atoms with van der Waals surface area (Å²) >= 11 is 2.47. The zero-order valence-electron chi connectivity index (χ0n) is 14.9. The molecule has 0 saturated carbocycles. The van der Waals surface area contributed by atoms with Crippen LogP contribution in [0.3, 0.4) is 0 Å². The van der Waals surface area contributed by atoms with Gasteiger partial charge >= 0.3 is 6.03 Å². The van der Waals surface area contributed by atoms with E-state index in [0.717, 1.165) is 31.2 Å². The highest BCUT2D eigenvalue weighted by molar-refractivity contribution is 14.1. The summed E-state index contributed by atoms with van der Waals surface area (Å²) in [6.07, 6.45) is 4.60. The third-order valence-corrected chi connectivity index (χ3v) is 5.08. The van der Waals surface area contributed by atoms with Crippen LogP contribution in [-0.2, 0) is 6.42 Å². The van der Waals surface area contributed by atoms with E-state index in [-0.39, 0.29) is 15.4 Å². The highest BCUT2D eigenvalue weighted by atomic mass is 127. The molecule has 1 rings (SSSR count). The molecule has 1 atom stereocenters. The van der Waals surface area contributed by atoms with Crippen molar-refractivity contribution in [2.24, 2.45) is 10.9 Å². The number of carbonyl (C=O) groups is 1. The van der Waals surface area contributed by atoms with E-state index in [1.54, 1.807) is 0 Å². The van der Waals surface area contributed by atoms with E-state index >= 15 is 0 Å². The molecule has 1 heterocycles. The number of nitrogen functional groups attached to an aromatic ring is 3. The van der Waals surface area contributed by atoms with Crippen molar-refractivity contribution in [3.8, 4) is 0 Å². The normalized spacial score (nSPS) is 12.6. The summed E-state index contributed by atoms with van der Waals surface area (Å²) in [4.78, 5) is 22.3. The largest absolute Gasteiger partial charge is 0.383 e. The van der Waals surface area contributed by atoms with Crippen molar-refractivity contribution in [1.82, 2.24) is 15.3 Å². The van der Waals surface area contributed by atoms with Crippen LogP contribution < -0.4 is 22.5 Å². The summed E-state index contributed by atoms with van der Waals surface area (Å²) in [6, 6.07) is -0.375. The van der Waals surface area contributed by atoms with Gasteiger partial charge in [-0.15, -0.1) is 0 Å². The molecule has 0 aliphatic carbocycles. The third-order valence-electron chi connectivity index (χ3n) is 4.20. The van der Waals surface area contributed by atoms with E-state index in [2.05, 4.69) is 63.4 Å². The van der Waals surface area contributed by atoms with Crippen molar-refractivity contribution in [3.05, 3.63) is 5.56 Å². The Kier molecular flexibility index (Phi) is 8.33. The summed E-state index contributed by atoms with van der Waals surface area (Å²) < 4.78 is 0.127. The van der Waals surface area contributed by atoms with Crippen molar-refractivity contribution in [2.75, 3.05) is 23.7 Å². The molecular formula is C16H28IN7O. The fourth-order valence-corrected chi connectivity index (χ4v) is 3.33. The van der Waals surface area contributed by atoms with Gasteiger partial charge in [-0.25, -0.2) is 9.79 Å². The molecular weight excluding hydrogens is 433 g/mol. The first-order valence-electron chi connectivity index (χ1n) is 8.26. The van der Waals surface area contributed by atoms with Gasteiger partial charge in [-0.05, 0) is 38.3 Å². The monoisotopic (exact) mass is 461 g/mol. The number of nitrogens with one attached hydrogen (secondary N) is 1. The van der Waals surface area contributed by atoms with Gasteiger partial charge in [-0.1, -0.05) is 42.9 Å². The molecule has 0 saturated heterocycles. The van der Waals surface area contributed by atoms with E-state index in [1.165, 1.54) is 0 Å². The van der Waals surface area contributed by atoms with Gasteiger partial charge in [-0.3, -0.25) is 0 Å². The van der Waals surface area contributed by atoms with Crippen LogP contribution in [0.1, 0.15) is 45.1 Å². The molecule has 7 N–H and O–H groups in total. The fraction of sp³-hybridized carbons (Fsp3) is 0.625. The fourth-order valence-electron chi connectivity index (χ4n) is 2.71. The standard InChI is InChI=1S/C16H28IN7O/c1-16(2,17)10(6-4-5-9-22-15(25)21-3)7-8-11-12(18)23-14(20)24-13(11)19/h10H,3-9H2,1-2H3,(H,22,25)(H6,18,19,20,23,24). The van der Waals surface area contributed by atoms with E-state index in [1.807, 2.05) is 0 Å². The topological polar surface area (TPSA) is 145 Å². The Labute approximate surface area is 162 Å². The number of urea groups is 1. The van der Waals surface area contributed by atoms with Crippen molar-refractivity contribution in [2.45, 2.75) is 49.4 Å². The lowest BCUT2D eigenvalue weighted by Crippen LogP contribution is -2.26. The van der Waals surface area contributed by atoms with Gasteiger partial charge in [0.05, 0.1) is 0 Å². The van der Waals surface area contributed by atoms with E-state index in [0.29, 0.717) is 30.5 Å². The summed E-state index contributed by atoms with van der Waals surface area (Å²) in [7, 11) is 0. The van der Waals surface area contributed by atoms with Crippen LogP contribution in [-0.4, -0.2) is 32.7 Å². The molecule has 0 aromatic carbocycles. The molecule has 1 aromatic rings. The van der Waals surface area contributed by atoms with Gasteiger partial charge in [0, 0.05) is 15.5 Å². The van der Waals surface area contributed by atoms with Crippen LogP contribution in [0, 0.1) is 5.92 Å². The highest BCUT2D eigenvalue weighted by Gasteiger charge is 2.26. The molecule has 1 unspecified atom stereocenters. The zero-order chi connectivity index (χ0) is 19.0. The first-order valence-corrected chi connectivity index (χ1v) is 9.33. The number of rotatable bonds is 9. The second-order valence-electron chi connectivity index (χ2n) is 6.52. The summed E-state index contributed by atoms with van der Waals surface area (Å²) in [6.45, 7) is 8.23. The van der Waals surface area contributed by atoms with Gasteiger partial charge in [0.2, 0.25) is 5.95 Å². The Morgan fingerprint density at radius 2 is 1.84 bits per heavy atom. The number of alkyl halides is 1. The Hall–Kier alpha value is -1.65. The average Bonchev–Trinajstić information content (AvgIpc) is 2.49. The number of aliphatic imine (C=N–C) groups is 1. The number of hydrogen-bond acceptors (Lipinski definition) is 6. The van der Waals surface area contributed by atoms with E-state index in [4.69, 9.17) is 17.2 Å². The number of unbranched alkanes of at least 4 members (excludes halogenated alkanes) is 1. The lowest BCUT2D eigenvalue weighted by atomic mass is 9.85. The number of hydrogen-bond donors (Lipinski definition) is 4. The Bertz CT molecular complexity index is 578. The highest BCUT2D eigenvalue weighted by Crippen LogP contribution is 2.35. The predicted molar refractivity (Wildman–Crippen MR) is 112 cm³/mol. The Balaban J connectivity index is 2.57. The first kappa shape index (κ1) is 21.4. The van der Waals surface area contributed by atoms with Crippen molar-refractivity contribution in [1.29, 1.82) is 0 Å². The van der Waals surface area contributed by atoms with Gasteiger partial charge in [0.1, 0.15) is 11.6 Å². The number of aromatic nitrogens is 2. The third kappa shape index (κ3) is 7.41. The molecule has 0 aliphatic heterocycles. The van der Waals surface area contributed by atoms with Gasteiger partial charge in [0.15, 0.2) is 0 Å². The minimum Gasteiger partial charge on any atom is -0.383 e. The van der Waals surface area contributed by atoms with Crippen LogP contribution in [0.4, 0.5) is 22.4 Å². The molecule has 1 aromatic heterocycles. The number of halogens is 1. The van der Waals surface area contributed by atoms with Crippen molar-refractivity contribution in [3.63, 3.8) is 0 Å². The lowest BCUT2D eigenvalue weighted by molar-refractivity contribution is 0.249. The molecule has 9 heteroatoms. The Morgan fingerprint density at radius 3 is 2.36 bits per heavy atom. The molecule has 0 bridgehead atoms. The van der Waals surface area contributed by atoms with Gasteiger partial charge in [-0.2, -0.15) is 9.97 Å². The van der Waals surface area contributed by atoms with Gasteiger partial charge in [0.25, 0.3) is 0 Å². The Morgan fingerprint density at radius 1 is 1.24 bits per heavy atom. The number of anilines is 3. The molecule has 0 radical (unpaired) electrons. The minimum atomic E-state index is -0.375. The number of nitrogens with zero attached hydrogens (tertiary/aromatic N) is 3.